The molecule has 3 heterocycles. The minimum atomic E-state index is -0.201. The molecule has 0 N–H and O–H groups in total. The summed E-state index contributed by atoms with van der Waals surface area (Å²) in [6, 6.07) is 6.67. The van der Waals surface area contributed by atoms with E-state index in [2.05, 4.69) is 19.7 Å². The molecule has 1 aromatic heterocycles. The molecule has 0 amide bonds. The van der Waals surface area contributed by atoms with E-state index in [9.17, 15) is 4.39 Å². The summed E-state index contributed by atoms with van der Waals surface area (Å²) in [4.78, 5) is 2.35. The van der Waals surface area contributed by atoms with Crippen molar-refractivity contribution in [1.29, 1.82) is 0 Å². The maximum absolute atomic E-state index is 13.1. The van der Waals surface area contributed by atoms with Crippen LogP contribution in [0.2, 0.25) is 0 Å². The molecule has 0 saturated carbocycles. The van der Waals surface area contributed by atoms with Crippen LogP contribution in [-0.4, -0.2) is 40.6 Å². The first-order chi connectivity index (χ1) is 12.8. The first-order valence-corrected chi connectivity index (χ1v) is 10.4. The molecule has 0 radical (unpaired) electrons. The van der Waals surface area contributed by atoms with Crippen molar-refractivity contribution in [3.63, 3.8) is 0 Å². The van der Waals surface area contributed by atoms with Gasteiger partial charge in [-0.25, -0.2) is 4.39 Å². The number of nitrogens with zero attached hydrogens (tertiary/aromatic N) is 4. The molecule has 140 valence electrons. The molecule has 5 nitrogen and oxygen atoms in total. The molecule has 0 aliphatic carbocycles. The lowest BCUT2D eigenvalue weighted by Gasteiger charge is -2.28. The zero-order valence-corrected chi connectivity index (χ0v) is 15.8. The first-order valence-electron chi connectivity index (χ1n) is 9.46. The second kappa shape index (κ2) is 8.39. The van der Waals surface area contributed by atoms with Gasteiger partial charge in [0.2, 0.25) is 5.95 Å². The van der Waals surface area contributed by atoms with Gasteiger partial charge in [0.05, 0.1) is 12.6 Å². The molecule has 1 atom stereocenters. The molecule has 2 fully saturated rings. The van der Waals surface area contributed by atoms with Crippen LogP contribution < -0.4 is 4.90 Å². The number of rotatable bonds is 6. The van der Waals surface area contributed by atoms with Gasteiger partial charge in [0, 0.05) is 25.4 Å². The van der Waals surface area contributed by atoms with Gasteiger partial charge < -0.3 is 9.64 Å². The van der Waals surface area contributed by atoms with Crippen molar-refractivity contribution in [3.8, 4) is 0 Å². The summed E-state index contributed by atoms with van der Waals surface area (Å²) in [5.41, 5.74) is 1.09. The normalized spacial score (nSPS) is 20.7. The molecule has 0 bridgehead atoms. The highest BCUT2D eigenvalue weighted by Gasteiger charge is 2.24. The number of hydrogen-bond acceptors (Lipinski definition) is 5. The van der Waals surface area contributed by atoms with E-state index in [-0.39, 0.29) is 11.9 Å². The van der Waals surface area contributed by atoms with Crippen LogP contribution in [0.1, 0.15) is 37.7 Å². The van der Waals surface area contributed by atoms with Gasteiger partial charge in [0.1, 0.15) is 5.82 Å². The number of halogens is 1. The standard InChI is InChI=1S/C19H25FN4OS/c20-16-8-6-15(7-9-16)14-26-19-22-21-18(23-10-2-1-3-11-23)24(19)13-17-5-4-12-25-17/h6-9,17H,1-5,10-14H2. The Hall–Kier alpha value is -1.60. The van der Waals surface area contributed by atoms with E-state index in [4.69, 9.17) is 4.74 Å². The van der Waals surface area contributed by atoms with Gasteiger partial charge in [0.15, 0.2) is 5.16 Å². The second-order valence-corrected chi connectivity index (χ2v) is 7.93. The molecule has 2 saturated heterocycles. The van der Waals surface area contributed by atoms with Crippen LogP contribution in [0.4, 0.5) is 10.3 Å². The molecule has 26 heavy (non-hydrogen) atoms. The van der Waals surface area contributed by atoms with Gasteiger partial charge in [-0.15, -0.1) is 10.2 Å². The largest absolute Gasteiger partial charge is 0.376 e. The van der Waals surface area contributed by atoms with Crippen molar-refractivity contribution >= 4 is 17.7 Å². The number of ether oxygens (including phenoxy) is 1. The lowest BCUT2D eigenvalue weighted by molar-refractivity contribution is 0.0951. The van der Waals surface area contributed by atoms with Gasteiger partial charge in [-0.2, -0.15) is 0 Å². The molecule has 4 rings (SSSR count). The fourth-order valence-corrected chi connectivity index (χ4v) is 4.49. The zero-order valence-electron chi connectivity index (χ0n) is 14.9. The summed E-state index contributed by atoms with van der Waals surface area (Å²) < 4.78 is 21.2. The predicted octanol–water partition coefficient (Wildman–Crippen LogP) is 3.88. The highest BCUT2D eigenvalue weighted by atomic mass is 32.2. The summed E-state index contributed by atoms with van der Waals surface area (Å²) in [5.74, 6) is 1.53. The van der Waals surface area contributed by atoms with E-state index in [0.29, 0.717) is 0 Å². The van der Waals surface area contributed by atoms with Crippen LogP contribution in [0.15, 0.2) is 29.4 Å². The average Bonchev–Trinajstić information content (AvgIpc) is 3.33. The maximum atomic E-state index is 13.1. The van der Waals surface area contributed by atoms with E-state index in [0.717, 1.165) is 61.5 Å². The summed E-state index contributed by atoms with van der Waals surface area (Å²) in [7, 11) is 0. The number of benzene rings is 1. The Morgan fingerprint density at radius 2 is 1.88 bits per heavy atom. The van der Waals surface area contributed by atoms with Crippen molar-refractivity contribution in [2.75, 3.05) is 24.6 Å². The fraction of sp³-hybridized carbons (Fsp3) is 0.579. The van der Waals surface area contributed by atoms with Gasteiger partial charge >= 0.3 is 0 Å². The minimum absolute atomic E-state index is 0.201. The van der Waals surface area contributed by atoms with Crippen molar-refractivity contribution in [3.05, 3.63) is 35.6 Å². The Bertz CT molecular complexity index is 709. The Morgan fingerprint density at radius 3 is 2.62 bits per heavy atom. The van der Waals surface area contributed by atoms with Crippen LogP contribution >= 0.6 is 11.8 Å². The van der Waals surface area contributed by atoms with Crippen molar-refractivity contribution < 1.29 is 9.13 Å². The number of anilines is 1. The van der Waals surface area contributed by atoms with Crippen LogP contribution in [0.25, 0.3) is 0 Å². The minimum Gasteiger partial charge on any atom is -0.376 e. The first kappa shape index (κ1) is 17.8. The van der Waals surface area contributed by atoms with Crippen molar-refractivity contribution in [2.45, 2.75) is 55.7 Å². The number of thioether (sulfide) groups is 1. The smallest absolute Gasteiger partial charge is 0.228 e. The summed E-state index contributed by atoms with van der Waals surface area (Å²) in [6.07, 6.45) is 6.20. The Labute approximate surface area is 157 Å². The van der Waals surface area contributed by atoms with Crippen LogP contribution in [0, 0.1) is 5.82 Å². The van der Waals surface area contributed by atoms with Crippen molar-refractivity contribution in [2.24, 2.45) is 0 Å². The van der Waals surface area contributed by atoms with Gasteiger partial charge in [0.25, 0.3) is 0 Å². The van der Waals surface area contributed by atoms with E-state index < -0.39 is 0 Å². The van der Waals surface area contributed by atoms with Crippen LogP contribution in [0.5, 0.6) is 0 Å². The SMILES string of the molecule is Fc1ccc(CSc2nnc(N3CCCCC3)n2CC2CCCO2)cc1. The summed E-state index contributed by atoms with van der Waals surface area (Å²) in [6.45, 7) is 3.76. The monoisotopic (exact) mass is 376 g/mol. The third kappa shape index (κ3) is 4.20. The number of aromatic nitrogens is 3. The molecule has 1 aromatic carbocycles. The molecular weight excluding hydrogens is 351 g/mol. The fourth-order valence-electron chi connectivity index (χ4n) is 3.60. The lowest BCUT2D eigenvalue weighted by Crippen LogP contribution is -2.33. The average molecular weight is 377 g/mol. The summed E-state index contributed by atoms with van der Waals surface area (Å²) in [5, 5.41) is 9.90. The van der Waals surface area contributed by atoms with Gasteiger partial charge in [-0.3, -0.25) is 4.57 Å². The topological polar surface area (TPSA) is 43.2 Å². The zero-order chi connectivity index (χ0) is 17.8. The van der Waals surface area contributed by atoms with E-state index in [1.54, 1.807) is 11.8 Å². The highest BCUT2D eigenvalue weighted by molar-refractivity contribution is 7.98. The Morgan fingerprint density at radius 1 is 1.08 bits per heavy atom. The Kier molecular flexibility index (Phi) is 5.75. The molecule has 2 aliphatic heterocycles. The van der Waals surface area contributed by atoms with Gasteiger partial charge in [-0.1, -0.05) is 23.9 Å². The quantitative estimate of drug-likeness (QED) is 0.716. The maximum Gasteiger partial charge on any atom is 0.228 e. The highest BCUT2D eigenvalue weighted by Crippen LogP contribution is 2.28. The molecule has 0 spiro atoms. The van der Waals surface area contributed by atoms with Crippen LogP contribution in [-0.2, 0) is 17.0 Å². The van der Waals surface area contributed by atoms with Gasteiger partial charge in [-0.05, 0) is 49.8 Å². The molecule has 1 unspecified atom stereocenters. The number of piperidine rings is 1. The molecule has 2 aliphatic rings. The van der Waals surface area contributed by atoms with Crippen molar-refractivity contribution in [1.82, 2.24) is 14.8 Å². The van der Waals surface area contributed by atoms with E-state index in [1.165, 1.54) is 31.4 Å². The third-order valence-electron chi connectivity index (χ3n) is 5.03. The van der Waals surface area contributed by atoms with E-state index >= 15 is 0 Å². The Balaban J connectivity index is 1.52. The molecule has 2 aromatic rings. The summed E-state index contributed by atoms with van der Waals surface area (Å²) >= 11 is 1.66. The lowest BCUT2D eigenvalue weighted by atomic mass is 10.1. The van der Waals surface area contributed by atoms with Crippen LogP contribution in [0.3, 0.4) is 0 Å². The van der Waals surface area contributed by atoms with E-state index in [1.807, 2.05) is 12.1 Å². The molecular formula is C19H25FN4OS. The molecule has 7 heteroatoms. The predicted molar refractivity (Wildman–Crippen MR) is 101 cm³/mol. The second-order valence-electron chi connectivity index (χ2n) is 6.99. The number of hydrogen-bond donors (Lipinski definition) is 0. The third-order valence-corrected chi connectivity index (χ3v) is 6.07.